The second kappa shape index (κ2) is 7.91. The molecule has 136 valence electrons. The van der Waals surface area contributed by atoms with Crippen molar-refractivity contribution in [1.82, 2.24) is 4.90 Å². The van der Waals surface area contributed by atoms with Crippen molar-refractivity contribution in [1.29, 1.82) is 0 Å². The van der Waals surface area contributed by atoms with Gasteiger partial charge in [-0.15, -0.1) is 0 Å². The van der Waals surface area contributed by atoms with E-state index in [0.717, 1.165) is 24.2 Å². The molecule has 0 aromatic heterocycles. The summed E-state index contributed by atoms with van der Waals surface area (Å²) in [6.07, 6.45) is 1.86. The molecule has 1 heterocycles. The maximum Gasteiger partial charge on any atom is 0.255 e. The number of nitrogens with two attached hydrogens (primary N) is 1. The lowest BCUT2D eigenvalue weighted by Crippen LogP contribution is -2.30. The minimum atomic E-state index is -0.556. The van der Waals surface area contributed by atoms with Crippen LogP contribution in [0, 0.1) is 0 Å². The van der Waals surface area contributed by atoms with Gasteiger partial charge in [0.05, 0.1) is 13.2 Å². The Labute approximate surface area is 152 Å². The SMILES string of the molecule is COc1cccc(C2CCCN2C(=O)c2cccc(OCC(N)=O)c2)c1. The van der Waals surface area contributed by atoms with Gasteiger partial charge in [0.2, 0.25) is 0 Å². The van der Waals surface area contributed by atoms with Crippen molar-refractivity contribution in [2.75, 3.05) is 20.3 Å². The molecule has 1 atom stereocenters. The van der Waals surface area contributed by atoms with E-state index < -0.39 is 5.91 Å². The van der Waals surface area contributed by atoms with Crippen LogP contribution in [-0.2, 0) is 4.79 Å². The third-order valence-electron chi connectivity index (χ3n) is 4.45. The van der Waals surface area contributed by atoms with E-state index in [0.29, 0.717) is 17.9 Å². The second-order valence-electron chi connectivity index (χ2n) is 6.22. The largest absolute Gasteiger partial charge is 0.497 e. The molecule has 26 heavy (non-hydrogen) atoms. The van der Waals surface area contributed by atoms with Gasteiger partial charge < -0.3 is 20.1 Å². The van der Waals surface area contributed by atoms with Gasteiger partial charge in [-0.25, -0.2) is 0 Å². The van der Waals surface area contributed by atoms with Gasteiger partial charge in [-0.2, -0.15) is 0 Å². The van der Waals surface area contributed by atoms with E-state index in [1.54, 1.807) is 31.4 Å². The summed E-state index contributed by atoms with van der Waals surface area (Å²) in [6, 6.07) is 14.7. The molecular formula is C20H22N2O4. The topological polar surface area (TPSA) is 81.9 Å². The number of amides is 2. The van der Waals surface area contributed by atoms with Gasteiger partial charge in [-0.3, -0.25) is 9.59 Å². The third-order valence-corrected chi connectivity index (χ3v) is 4.45. The molecule has 1 fully saturated rings. The summed E-state index contributed by atoms with van der Waals surface area (Å²) in [6.45, 7) is 0.487. The van der Waals surface area contributed by atoms with E-state index in [1.165, 1.54) is 0 Å². The highest BCUT2D eigenvalue weighted by atomic mass is 16.5. The predicted molar refractivity (Wildman–Crippen MR) is 97.1 cm³/mol. The minimum Gasteiger partial charge on any atom is -0.497 e. The van der Waals surface area contributed by atoms with Crippen molar-refractivity contribution in [2.45, 2.75) is 18.9 Å². The molecule has 2 amide bonds. The molecule has 1 unspecified atom stereocenters. The molecule has 6 heteroatoms. The standard InChI is InChI=1S/C20H22N2O4/c1-25-16-7-2-5-14(11-16)18-9-4-10-22(18)20(24)15-6-3-8-17(12-15)26-13-19(21)23/h2-3,5-8,11-12,18H,4,9-10,13H2,1H3,(H2,21,23). The van der Waals surface area contributed by atoms with Crippen LogP contribution in [0.1, 0.15) is 34.8 Å². The van der Waals surface area contributed by atoms with Crippen LogP contribution in [0.3, 0.4) is 0 Å². The minimum absolute atomic E-state index is 0.0211. The fourth-order valence-electron chi connectivity index (χ4n) is 3.24. The first-order valence-corrected chi connectivity index (χ1v) is 8.54. The van der Waals surface area contributed by atoms with Crippen molar-refractivity contribution < 1.29 is 19.1 Å². The highest BCUT2D eigenvalue weighted by Gasteiger charge is 2.30. The summed E-state index contributed by atoms with van der Waals surface area (Å²) in [7, 11) is 1.63. The maximum absolute atomic E-state index is 13.0. The van der Waals surface area contributed by atoms with E-state index in [-0.39, 0.29) is 18.6 Å². The highest BCUT2D eigenvalue weighted by molar-refractivity contribution is 5.95. The predicted octanol–water partition coefficient (Wildman–Crippen LogP) is 2.54. The molecule has 1 aliphatic rings. The summed E-state index contributed by atoms with van der Waals surface area (Å²) in [5.74, 6) is 0.620. The Bertz CT molecular complexity index is 806. The van der Waals surface area contributed by atoms with Gasteiger partial charge in [-0.05, 0) is 48.7 Å². The van der Waals surface area contributed by atoms with E-state index >= 15 is 0 Å². The quantitative estimate of drug-likeness (QED) is 0.864. The number of methoxy groups -OCH3 is 1. The van der Waals surface area contributed by atoms with Crippen molar-refractivity contribution in [2.24, 2.45) is 5.73 Å². The number of rotatable bonds is 6. The highest BCUT2D eigenvalue weighted by Crippen LogP contribution is 2.34. The number of likely N-dealkylation sites (tertiary alicyclic amines) is 1. The molecule has 0 spiro atoms. The normalized spacial score (nSPS) is 16.3. The Balaban J connectivity index is 1.80. The summed E-state index contributed by atoms with van der Waals surface area (Å²) in [5.41, 5.74) is 6.69. The molecule has 1 aliphatic heterocycles. The van der Waals surface area contributed by atoms with Crippen LogP contribution in [0.15, 0.2) is 48.5 Å². The van der Waals surface area contributed by atoms with Crippen LogP contribution in [0.4, 0.5) is 0 Å². The molecule has 6 nitrogen and oxygen atoms in total. The monoisotopic (exact) mass is 354 g/mol. The Morgan fingerprint density at radius 3 is 2.69 bits per heavy atom. The lowest BCUT2D eigenvalue weighted by atomic mass is 10.0. The number of nitrogens with zero attached hydrogens (tertiary/aromatic N) is 1. The van der Waals surface area contributed by atoms with Crippen LogP contribution >= 0.6 is 0 Å². The number of hydrogen-bond acceptors (Lipinski definition) is 4. The van der Waals surface area contributed by atoms with Gasteiger partial charge >= 0.3 is 0 Å². The number of ether oxygens (including phenoxy) is 2. The zero-order chi connectivity index (χ0) is 18.5. The van der Waals surface area contributed by atoms with Crippen LogP contribution in [0.25, 0.3) is 0 Å². The lowest BCUT2D eigenvalue weighted by molar-refractivity contribution is -0.119. The molecule has 2 aromatic carbocycles. The first-order chi connectivity index (χ1) is 12.6. The lowest BCUT2D eigenvalue weighted by Gasteiger charge is -2.25. The number of benzene rings is 2. The molecular weight excluding hydrogens is 332 g/mol. The smallest absolute Gasteiger partial charge is 0.255 e. The van der Waals surface area contributed by atoms with Crippen molar-refractivity contribution >= 4 is 11.8 Å². The summed E-state index contributed by atoms with van der Waals surface area (Å²) in [5, 5.41) is 0. The molecule has 0 aliphatic carbocycles. The van der Waals surface area contributed by atoms with E-state index in [4.69, 9.17) is 15.2 Å². The number of hydrogen-bond donors (Lipinski definition) is 1. The van der Waals surface area contributed by atoms with Crippen LogP contribution < -0.4 is 15.2 Å². The fraction of sp³-hybridized carbons (Fsp3) is 0.300. The Morgan fingerprint density at radius 2 is 1.92 bits per heavy atom. The fourth-order valence-corrected chi connectivity index (χ4v) is 3.24. The first kappa shape index (κ1) is 17.8. The van der Waals surface area contributed by atoms with Gasteiger partial charge in [0.15, 0.2) is 6.61 Å². The van der Waals surface area contributed by atoms with Crippen molar-refractivity contribution in [3.63, 3.8) is 0 Å². The Morgan fingerprint density at radius 1 is 1.15 bits per heavy atom. The number of primary amides is 1. The summed E-state index contributed by atoms with van der Waals surface area (Å²) >= 11 is 0. The molecule has 0 saturated carbocycles. The molecule has 2 N–H and O–H groups in total. The van der Waals surface area contributed by atoms with Gasteiger partial charge in [0, 0.05) is 12.1 Å². The maximum atomic E-state index is 13.0. The third kappa shape index (κ3) is 3.96. The molecule has 3 rings (SSSR count). The summed E-state index contributed by atoms with van der Waals surface area (Å²) in [4.78, 5) is 25.8. The van der Waals surface area contributed by atoms with Crippen molar-refractivity contribution in [3.05, 3.63) is 59.7 Å². The summed E-state index contributed by atoms with van der Waals surface area (Å²) < 4.78 is 10.6. The number of carbonyl (C=O) groups is 2. The van der Waals surface area contributed by atoms with E-state index in [2.05, 4.69) is 0 Å². The average molecular weight is 354 g/mol. The average Bonchev–Trinajstić information content (AvgIpc) is 3.16. The van der Waals surface area contributed by atoms with Crippen LogP contribution in [0.5, 0.6) is 11.5 Å². The van der Waals surface area contributed by atoms with Gasteiger partial charge in [0.1, 0.15) is 11.5 Å². The second-order valence-corrected chi connectivity index (χ2v) is 6.22. The number of carbonyl (C=O) groups excluding carboxylic acids is 2. The van der Waals surface area contributed by atoms with Crippen LogP contribution in [-0.4, -0.2) is 37.0 Å². The Hall–Kier alpha value is -3.02. The van der Waals surface area contributed by atoms with Gasteiger partial charge in [0.25, 0.3) is 11.8 Å². The molecule has 1 saturated heterocycles. The van der Waals surface area contributed by atoms with Crippen LogP contribution in [0.2, 0.25) is 0 Å². The van der Waals surface area contributed by atoms with E-state index in [1.807, 2.05) is 29.2 Å². The first-order valence-electron chi connectivity index (χ1n) is 8.54. The van der Waals surface area contributed by atoms with E-state index in [9.17, 15) is 9.59 Å². The Kier molecular flexibility index (Phi) is 5.41. The van der Waals surface area contributed by atoms with Crippen molar-refractivity contribution in [3.8, 4) is 11.5 Å². The molecule has 0 radical (unpaired) electrons. The zero-order valence-corrected chi connectivity index (χ0v) is 14.7. The molecule has 2 aromatic rings. The van der Waals surface area contributed by atoms with Gasteiger partial charge in [-0.1, -0.05) is 18.2 Å². The zero-order valence-electron chi connectivity index (χ0n) is 14.7. The molecule has 0 bridgehead atoms.